The molecule has 3 nitrogen and oxygen atoms in total. The minimum absolute atomic E-state index is 0.147. The molecule has 12 heavy (non-hydrogen) atoms. The second kappa shape index (κ2) is 2.33. The lowest BCUT2D eigenvalue weighted by Crippen LogP contribution is -2.44. The number of hydrogen-bond acceptors (Lipinski definition) is 3. The third kappa shape index (κ3) is 0.894. The highest BCUT2D eigenvalue weighted by Crippen LogP contribution is 2.35. The third-order valence-corrected chi connectivity index (χ3v) is 2.48. The fourth-order valence-corrected chi connectivity index (χ4v) is 1.90. The molecule has 1 fully saturated rings. The first-order chi connectivity index (χ1) is 5.63. The fraction of sp³-hybridized carbons (Fsp3) is 0.667. The summed E-state index contributed by atoms with van der Waals surface area (Å²) in [4.78, 5) is 0. The van der Waals surface area contributed by atoms with E-state index in [1.807, 2.05) is 13.8 Å². The summed E-state index contributed by atoms with van der Waals surface area (Å²) in [7, 11) is 0. The number of ether oxygens (including phenoxy) is 1. The van der Waals surface area contributed by atoms with Gasteiger partial charge in [0.2, 0.25) is 0 Å². The van der Waals surface area contributed by atoms with E-state index in [9.17, 15) is 0 Å². The Labute approximate surface area is 71.7 Å². The van der Waals surface area contributed by atoms with Crippen LogP contribution in [0, 0.1) is 13.8 Å². The quantitative estimate of drug-likeness (QED) is 0.637. The molecule has 1 aliphatic heterocycles. The predicted octanol–water partition coefficient (Wildman–Crippen LogP) is 1.58. The van der Waals surface area contributed by atoms with Gasteiger partial charge in [0.05, 0.1) is 18.9 Å². The van der Waals surface area contributed by atoms with Gasteiger partial charge in [-0.05, 0) is 13.8 Å². The molecule has 1 aliphatic rings. The first-order valence-electron chi connectivity index (χ1n) is 4.14. The summed E-state index contributed by atoms with van der Waals surface area (Å²) in [6, 6.07) is 0. The molecule has 0 aromatic carbocycles. The van der Waals surface area contributed by atoms with Gasteiger partial charge in [-0.2, -0.15) is 0 Å². The Morgan fingerprint density at radius 3 is 2.33 bits per heavy atom. The van der Waals surface area contributed by atoms with Gasteiger partial charge in [-0.1, -0.05) is 12.1 Å². The second-order valence-electron chi connectivity index (χ2n) is 3.75. The van der Waals surface area contributed by atoms with Crippen molar-refractivity contribution in [2.24, 2.45) is 0 Å². The zero-order valence-corrected chi connectivity index (χ0v) is 7.68. The van der Waals surface area contributed by atoms with Gasteiger partial charge in [0.1, 0.15) is 5.76 Å². The van der Waals surface area contributed by atoms with Gasteiger partial charge in [0, 0.05) is 11.0 Å². The predicted molar refractivity (Wildman–Crippen MR) is 44.1 cm³/mol. The van der Waals surface area contributed by atoms with Crippen molar-refractivity contribution in [3.8, 4) is 0 Å². The number of rotatable bonds is 1. The Morgan fingerprint density at radius 2 is 2.00 bits per heavy atom. The number of hydrogen-bond donors (Lipinski definition) is 0. The summed E-state index contributed by atoms with van der Waals surface area (Å²) in [6.45, 7) is 7.70. The lowest BCUT2D eigenvalue weighted by Gasteiger charge is -2.37. The van der Waals surface area contributed by atoms with Crippen LogP contribution in [-0.4, -0.2) is 18.4 Å². The smallest absolute Gasteiger partial charge is 0.137 e. The fourth-order valence-electron chi connectivity index (χ4n) is 1.90. The molecule has 0 spiro atoms. The Bertz CT molecular complexity index is 280. The van der Waals surface area contributed by atoms with Crippen molar-refractivity contribution in [2.75, 3.05) is 13.2 Å². The number of aromatic nitrogens is 1. The van der Waals surface area contributed by atoms with Gasteiger partial charge in [-0.25, -0.2) is 0 Å². The van der Waals surface area contributed by atoms with E-state index in [0.29, 0.717) is 0 Å². The molecule has 1 saturated heterocycles. The molecule has 0 radical (unpaired) electrons. The monoisotopic (exact) mass is 167 g/mol. The van der Waals surface area contributed by atoms with E-state index >= 15 is 0 Å². The Hall–Kier alpha value is -0.830. The zero-order valence-electron chi connectivity index (χ0n) is 7.68. The number of nitrogens with zero attached hydrogens (tertiary/aromatic N) is 1. The molecule has 0 aliphatic carbocycles. The van der Waals surface area contributed by atoms with Gasteiger partial charge in [-0.3, -0.25) is 0 Å². The van der Waals surface area contributed by atoms with E-state index in [1.54, 1.807) is 0 Å². The van der Waals surface area contributed by atoms with Gasteiger partial charge in [0.15, 0.2) is 0 Å². The van der Waals surface area contributed by atoms with E-state index in [2.05, 4.69) is 12.1 Å². The van der Waals surface area contributed by atoms with Crippen LogP contribution in [0.25, 0.3) is 0 Å². The SMILES string of the molecule is Cc1noc(C)c1C1(C)COC1. The van der Waals surface area contributed by atoms with Crippen LogP contribution in [-0.2, 0) is 10.2 Å². The molecule has 2 heterocycles. The summed E-state index contributed by atoms with van der Waals surface area (Å²) in [5, 5.41) is 3.93. The molecule has 0 atom stereocenters. The highest BCUT2D eigenvalue weighted by molar-refractivity contribution is 5.32. The topological polar surface area (TPSA) is 35.3 Å². The molecular formula is C9H13NO2. The molecule has 1 aromatic rings. The molecule has 0 N–H and O–H groups in total. The molecule has 0 bridgehead atoms. The van der Waals surface area contributed by atoms with Crippen LogP contribution < -0.4 is 0 Å². The van der Waals surface area contributed by atoms with Gasteiger partial charge < -0.3 is 9.26 Å². The highest BCUT2D eigenvalue weighted by atomic mass is 16.5. The molecule has 66 valence electrons. The van der Waals surface area contributed by atoms with Crippen LogP contribution in [0.4, 0.5) is 0 Å². The van der Waals surface area contributed by atoms with E-state index in [-0.39, 0.29) is 5.41 Å². The molecule has 0 unspecified atom stereocenters. The molecule has 1 aromatic heterocycles. The van der Waals surface area contributed by atoms with Crippen LogP contribution in [0.15, 0.2) is 4.52 Å². The van der Waals surface area contributed by atoms with E-state index in [4.69, 9.17) is 9.26 Å². The van der Waals surface area contributed by atoms with Crippen molar-refractivity contribution in [3.63, 3.8) is 0 Å². The van der Waals surface area contributed by atoms with Crippen LogP contribution in [0.3, 0.4) is 0 Å². The largest absolute Gasteiger partial charge is 0.379 e. The first kappa shape index (κ1) is 7.80. The van der Waals surface area contributed by atoms with Crippen molar-refractivity contribution in [3.05, 3.63) is 17.0 Å². The minimum atomic E-state index is 0.147. The normalized spacial score (nSPS) is 20.6. The van der Waals surface area contributed by atoms with Crippen molar-refractivity contribution in [1.82, 2.24) is 5.16 Å². The maximum absolute atomic E-state index is 5.20. The van der Waals surface area contributed by atoms with Crippen molar-refractivity contribution in [1.29, 1.82) is 0 Å². The van der Waals surface area contributed by atoms with Crippen LogP contribution in [0.1, 0.15) is 23.9 Å². The summed E-state index contributed by atoms with van der Waals surface area (Å²) in [5.74, 6) is 0.929. The maximum atomic E-state index is 5.20. The Balaban J connectivity index is 2.44. The minimum Gasteiger partial charge on any atom is -0.379 e. The molecular weight excluding hydrogens is 154 g/mol. The summed E-state index contributed by atoms with van der Waals surface area (Å²) >= 11 is 0. The molecule has 2 rings (SSSR count). The summed E-state index contributed by atoms with van der Waals surface area (Å²) in [5.41, 5.74) is 2.38. The lowest BCUT2D eigenvalue weighted by atomic mass is 9.80. The van der Waals surface area contributed by atoms with Crippen molar-refractivity contribution in [2.45, 2.75) is 26.2 Å². The van der Waals surface area contributed by atoms with Crippen LogP contribution in [0.2, 0.25) is 0 Å². The summed E-state index contributed by atoms with van der Waals surface area (Å²) < 4.78 is 10.3. The lowest BCUT2D eigenvalue weighted by molar-refractivity contribution is -0.0508. The summed E-state index contributed by atoms with van der Waals surface area (Å²) in [6.07, 6.45) is 0. The van der Waals surface area contributed by atoms with Crippen LogP contribution >= 0.6 is 0 Å². The molecule has 0 saturated carbocycles. The second-order valence-corrected chi connectivity index (χ2v) is 3.75. The third-order valence-electron chi connectivity index (χ3n) is 2.48. The Kier molecular flexibility index (Phi) is 1.51. The zero-order chi connectivity index (χ0) is 8.77. The average Bonchev–Trinajstić information content (AvgIpc) is 2.27. The standard InChI is InChI=1S/C9H13NO2/c1-6-8(7(2)12-10-6)9(3)4-11-5-9/h4-5H2,1-3H3. The Morgan fingerprint density at radius 1 is 1.33 bits per heavy atom. The maximum Gasteiger partial charge on any atom is 0.137 e. The highest BCUT2D eigenvalue weighted by Gasteiger charge is 2.39. The van der Waals surface area contributed by atoms with Gasteiger partial charge >= 0.3 is 0 Å². The van der Waals surface area contributed by atoms with Crippen LogP contribution in [0.5, 0.6) is 0 Å². The molecule has 0 amide bonds. The molecule has 3 heteroatoms. The first-order valence-corrected chi connectivity index (χ1v) is 4.14. The van der Waals surface area contributed by atoms with E-state index in [0.717, 1.165) is 24.7 Å². The number of aryl methyl sites for hydroxylation is 2. The van der Waals surface area contributed by atoms with Crippen molar-refractivity contribution < 1.29 is 9.26 Å². The van der Waals surface area contributed by atoms with E-state index < -0.39 is 0 Å². The van der Waals surface area contributed by atoms with Crippen molar-refractivity contribution >= 4 is 0 Å². The van der Waals surface area contributed by atoms with E-state index in [1.165, 1.54) is 5.56 Å². The van der Waals surface area contributed by atoms with Gasteiger partial charge in [-0.15, -0.1) is 0 Å². The average molecular weight is 167 g/mol. The van der Waals surface area contributed by atoms with Gasteiger partial charge in [0.25, 0.3) is 0 Å².